The monoisotopic (exact) mass is 378 g/mol. The van der Waals surface area contributed by atoms with E-state index < -0.39 is 0 Å². The van der Waals surface area contributed by atoms with Crippen molar-refractivity contribution in [1.82, 2.24) is 10.2 Å². The van der Waals surface area contributed by atoms with Gasteiger partial charge in [-0.15, -0.1) is 0 Å². The predicted octanol–water partition coefficient (Wildman–Crippen LogP) is 5.11. The maximum atomic E-state index is 12.9. The van der Waals surface area contributed by atoms with Gasteiger partial charge in [-0.2, -0.15) is 0 Å². The molecule has 2 aromatic carbocycles. The number of rotatable bonds is 7. The predicted molar refractivity (Wildman–Crippen MR) is 116 cm³/mol. The van der Waals surface area contributed by atoms with E-state index in [0.717, 1.165) is 38.9 Å². The number of benzene rings is 2. The van der Waals surface area contributed by atoms with Crippen LogP contribution in [0.15, 0.2) is 54.6 Å². The van der Waals surface area contributed by atoms with Gasteiger partial charge in [-0.05, 0) is 56.3 Å². The van der Waals surface area contributed by atoms with Crippen molar-refractivity contribution in [2.75, 3.05) is 13.1 Å². The highest BCUT2D eigenvalue weighted by Crippen LogP contribution is 2.24. The van der Waals surface area contributed by atoms with Crippen LogP contribution in [0, 0.1) is 18.8 Å². The van der Waals surface area contributed by atoms with E-state index in [-0.39, 0.29) is 17.9 Å². The zero-order valence-electron chi connectivity index (χ0n) is 17.5. The molecule has 1 unspecified atom stereocenters. The quantitative estimate of drug-likeness (QED) is 0.726. The van der Waals surface area contributed by atoms with Gasteiger partial charge in [-0.1, -0.05) is 74.0 Å². The van der Waals surface area contributed by atoms with Crippen LogP contribution in [-0.2, 0) is 11.3 Å². The molecule has 1 atom stereocenters. The fourth-order valence-corrected chi connectivity index (χ4v) is 4.03. The average Bonchev–Trinajstić information content (AvgIpc) is 2.70. The Bertz CT molecular complexity index is 731. The fraction of sp³-hybridized carbons (Fsp3) is 0.480. The van der Waals surface area contributed by atoms with Gasteiger partial charge >= 0.3 is 0 Å². The van der Waals surface area contributed by atoms with E-state index in [4.69, 9.17) is 0 Å². The van der Waals surface area contributed by atoms with Gasteiger partial charge in [0.2, 0.25) is 5.91 Å². The van der Waals surface area contributed by atoms with Gasteiger partial charge in [0, 0.05) is 12.5 Å². The lowest BCUT2D eigenvalue weighted by atomic mass is 9.92. The molecule has 1 saturated heterocycles. The van der Waals surface area contributed by atoms with Crippen molar-refractivity contribution in [3.63, 3.8) is 0 Å². The van der Waals surface area contributed by atoms with Crippen molar-refractivity contribution in [2.45, 2.75) is 52.6 Å². The average molecular weight is 379 g/mol. The zero-order valence-corrected chi connectivity index (χ0v) is 17.5. The maximum Gasteiger partial charge on any atom is 0.223 e. The van der Waals surface area contributed by atoms with Gasteiger partial charge in [-0.3, -0.25) is 9.69 Å². The molecule has 3 rings (SSSR count). The summed E-state index contributed by atoms with van der Waals surface area (Å²) in [5, 5.41) is 3.35. The standard InChI is InChI=1S/C25H34N2O/c1-19(2)17-24(22-7-5-4-6-8-22)26-25(28)23-13-15-27(16-14-23)18-21-11-9-20(3)10-12-21/h4-12,19,23-24H,13-18H2,1-3H3,(H,26,28). The lowest BCUT2D eigenvalue weighted by Crippen LogP contribution is -2.41. The third-order valence-corrected chi connectivity index (χ3v) is 5.71. The summed E-state index contributed by atoms with van der Waals surface area (Å²) in [4.78, 5) is 15.4. The second-order valence-electron chi connectivity index (χ2n) is 8.64. The summed E-state index contributed by atoms with van der Waals surface area (Å²) < 4.78 is 0. The number of nitrogens with one attached hydrogen (secondary N) is 1. The van der Waals surface area contributed by atoms with E-state index in [1.807, 2.05) is 6.07 Å². The summed E-state index contributed by atoms with van der Waals surface area (Å²) in [6.07, 6.45) is 2.86. The first-order valence-electron chi connectivity index (χ1n) is 10.6. The molecule has 150 valence electrons. The molecule has 1 fully saturated rings. The third-order valence-electron chi connectivity index (χ3n) is 5.71. The second-order valence-corrected chi connectivity index (χ2v) is 8.64. The molecule has 28 heavy (non-hydrogen) atoms. The molecule has 0 radical (unpaired) electrons. The normalized spacial score (nSPS) is 16.9. The summed E-state index contributed by atoms with van der Waals surface area (Å²) in [7, 11) is 0. The van der Waals surface area contributed by atoms with E-state index in [1.54, 1.807) is 0 Å². The first-order valence-corrected chi connectivity index (χ1v) is 10.6. The maximum absolute atomic E-state index is 12.9. The van der Waals surface area contributed by atoms with E-state index in [2.05, 4.69) is 79.5 Å². The summed E-state index contributed by atoms with van der Waals surface area (Å²) in [6, 6.07) is 19.3. The zero-order chi connectivity index (χ0) is 19.9. The molecule has 1 aliphatic rings. The third kappa shape index (κ3) is 5.93. The Hall–Kier alpha value is -2.13. The van der Waals surface area contributed by atoms with E-state index >= 15 is 0 Å². The van der Waals surface area contributed by atoms with Crippen LogP contribution < -0.4 is 5.32 Å². The summed E-state index contributed by atoms with van der Waals surface area (Å²) in [6.45, 7) is 9.51. The number of likely N-dealkylation sites (tertiary alicyclic amines) is 1. The molecular weight excluding hydrogens is 344 g/mol. The Morgan fingerprint density at radius 3 is 2.29 bits per heavy atom. The Morgan fingerprint density at radius 2 is 1.68 bits per heavy atom. The van der Waals surface area contributed by atoms with Crippen LogP contribution in [0.2, 0.25) is 0 Å². The highest BCUT2D eigenvalue weighted by atomic mass is 16.1. The lowest BCUT2D eigenvalue weighted by molar-refractivity contribution is -0.127. The molecule has 0 bridgehead atoms. The topological polar surface area (TPSA) is 32.3 Å². The van der Waals surface area contributed by atoms with Crippen molar-refractivity contribution in [3.05, 3.63) is 71.3 Å². The number of hydrogen-bond donors (Lipinski definition) is 1. The largest absolute Gasteiger partial charge is 0.349 e. The van der Waals surface area contributed by atoms with E-state index in [1.165, 1.54) is 16.7 Å². The minimum atomic E-state index is 0.110. The first kappa shape index (κ1) is 20.6. The molecule has 1 amide bonds. The fourth-order valence-electron chi connectivity index (χ4n) is 4.03. The second kappa shape index (κ2) is 9.88. The van der Waals surface area contributed by atoms with Crippen LogP contribution in [-0.4, -0.2) is 23.9 Å². The van der Waals surface area contributed by atoms with Crippen molar-refractivity contribution < 1.29 is 4.79 Å². The number of piperidine rings is 1. The van der Waals surface area contributed by atoms with E-state index in [9.17, 15) is 4.79 Å². The van der Waals surface area contributed by atoms with Crippen molar-refractivity contribution >= 4 is 5.91 Å². The number of amides is 1. The molecule has 0 spiro atoms. The van der Waals surface area contributed by atoms with Crippen molar-refractivity contribution in [1.29, 1.82) is 0 Å². The Morgan fingerprint density at radius 1 is 1.04 bits per heavy atom. The van der Waals surface area contributed by atoms with Crippen LogP contribution in [0.4, 0.5) is 0 Å². The van der Waals surface area contributed by atoms with Gasteiger partial charge in [0.25, 0.3) is 0 Å². The summed E-state index contributed by atoms with van der Waals surface area (Å²) in [5.41, 5.74) is 3.87. The summed E-state index contributed by atoms with van der Waals surface area (Å²) >= 11 is 0. The number of carbonyl (C=O) groups is 1. The van der Waals surface area contributed by atoms with Gasteiger partial charge < -0.3 is 5.32 Å². The number of hydrogen-bond acceptors (Lipinski definition) is 2. The van der Waals surface area contributed by atoms with Gasteiger partial charge in [0.05, 0.1) is 6.04 Å². The molecule has 3 heteroatoms. The first-order chi connectivity index (χ1) is 13.5. The number of aryl methyl sites for hydroxylation is 1. The summed E-state index contributed by atoms with van der Waals surface area (Å²) in [5.74, 6) is 0.902. The molecule has 2 aromatic rings. The molecule has 3 nitrogen and oxygen atoms in total. The highest BCUT2D eigenvalue weighted by molar-refractivity contribution is 5.79. The number of nitrogens with zero attached hydrogens (tertiary/aromatic N) is 1. The molecule has 0 aliphatic carbocycles. The van der Waals surface area contributed by atoms with Gasteiger partial charge in [-0.25, -0.2) is 0 Å². The van der Waals surface area contributed by atoms with Crippen LogP contribution in [0.1, 0.15) is 55.8 Å². The molecule has 1 heterocycles. The molecule has 1 N–H and O–H groups in total. The van der Waals surface area contributed by atoms with Crippen LogP contribution in [0.5, 0.6) is 0 Å². The van der Waals surface area contributed by atoms with Gasteiger partial charge in [0.15, 0.2) is 0 Å². The van der Waals surface area contributed by atoms with Gasteiger partial charge in [0.1, 0.15) is 0 Å². The van der Waals surface area contributed by atoms with Crippen LogP contribution in [0.25, 0.3) is 0 Å². The Kier molecular flexibility index (Phi) is 7.27. The molecule has 0 saturated carbocycles. The SMILES string of the molecule is Cc1ccc(CN2CCC(C(=O)NC(CC(C)C)c3ccccc3)CC2)cc1. The minimum absolute atomic E-state index is 0.110. The highest BCUT2D eigenvalue weighted by Gasteiger charge is 2.27. The Balaban J connectivity index is 1.52. The van der Waals surface area contributed by atoms with Crippen LogP contribution in [0.3, 0.4) is 0 Å². The molecule has 1 aliphatic heterocycles. The van der Waals surface area contributed by atoms with Crippen molar-refractivity contribution in [3.8, 4) is 0 Å². The smallest absolute Gasteiger partial charge is 0.223 e. The lowest BCUT2D eigenvalue weighted by Gasteiger charge is -2.32. The van der Waals surface area contributed by atoms with E-state index in [0.29, 0.717) is 5.92 Å². The molecule has 0 aromatic heterocycles. The minimum Gasteiger partial charge on any atom is -0.349 e. The molecular formula is C25H34N2O. The Labute approximate surface area is 170 Å². The van der Waals surface area contributed by atoms with Crippen molar-refractivity contribution in [2.24, 2.45) is 11.8 Å². The van der Waals surface area contributed by atoms with Crippen LogP contribution >= 0.6 is 0 Å². The number of carbonyl (C=O) groups excluding carboxylic acids is 1.